The van der Waals surface area contributed by atoms with E-state index >= 15 is 0 Å². The normalized spacial score (nSPS) is 19.6. The first-order valence-electron chi connectivity index (χ1n) is 2.62. The first-order valence-corrected chi connectivity index (χ1v) is 3.00. The predicted molar refractivity (Wildman–Crippen MR) is 35.4 cm³/mol. The highest BCUT2D eigenvalue weighted by Gasteiger charge is 1.99. The first-order chi connectivity index (χ1) is 3.80. The average molecular weight is 130 g/mol. The van der Waals surface area contributed by atoms with E-state index in [-0.39, 0.29) is 0 Å². The molecule has 0 saturated carbocycles. The van der Waals surface area contributed by atoms with Gasteiger partial charge in [-0.25, -0.2) is 0 Å². The summed E-state index contributed by atoms with van der Waals surface area (Å²) < 4.78 is 0. The number of hydrogen-bond donors (Lipinski definition) is 1. The second-order valence-corrected chi connectivity index (χ2v) is 2.20. The van der Waals surface area contributed by atoms with Crippen LogP contribution in [0.1, 0.15) is 12.8 Å². The molecule has 0 unspecified atom stereocenters. The summed E-state index contributed by atoms with van der Waals surface area (Å²) in [7, 11) is 0. The van der Waals surface area contributed by atoms with Crippen molar-refractivity contribution in [3.63, 3.8) is 0 Å². The van der Waals surface area contributed by atoms with E-state index in [0.717, 1.165) is 18.5 Å². The van der Waals surface area contributed by atoms with E-state index in [9.17, 15) is 0 Å². The van der Waals surface area contributed by atoms with Gasteiger partial charge in [0.05, 0.1) is 5.03 Å². The quantitative estimate of drug-likeness (QED) is 0.530. The molecule has 0 atom stereocenters. The van der Waals surface area contributed by atoms with Crippen LogP contribution in [-0.4, -0.2) is 0 Å². The van der Waals surface area contributed by atoms with Gasteiger partial charge in [0.2, 0.25) is 0 Å². The largest absolute Gasteiger partial charge is 0.398 e. The van der Waals surface area contributed by atoms with Crippen molar-refractivity contribution >= 4 is 11.6 Å². The van der Waals surface area contributed by atoms with Gasteiger partial charge in [-0.05, 0) is 12.8 Å². The van der Waals surface area contributed by atoms with Crippen LogP contribution in [-0.2, 0) is 0 Å². The summed E-state index contributed by atoms with van der Waals surface area (Å²) in [5, 5.41) is 0.705. The van der Waals surface area contributed by atoms with Crippen molar-refractivity contribution in [3.8, 4) is 0 Å². The summed E-state index contributed by atoms with van der Waals surface area (Å²) in [6, 6.07) is 0. The van der Waals surface area contributed by atoms with Crippen molar-refractivity contribution < 1.29 is 0 Å². The maximum absolute atomic E-state index is 5.63. The third-order valence-corrected chi connectivity index (χ3v) is 1.50. The lowest BCUT2D eigenvalue weighted by Gasteiger charge is -2.03. The topological polar surface area (TPSA) is 26.0 Å². The lowest BCUT2D eigenvalue weighted by molar-refractivity contribution is 1.00. The Morgan fingerprint density at radius 2 is 2.00 bits per heavy atom. The van der Waals surface area contributed by atoms with E-state index in [4.69, 9.17) is 17.3 Å². The molecule has 2 N–H and O–H groups in total. The smallest absolute Gasteiger partial charge is 0.0592 e. The molecule has 0 saturated heterocycles. The van der Waals surface area contributed by atoms with Gasteiger partial charge in [0.25, 0.3) is 0 Å². The van der Waals surface area contributed by atoms with Gasteiger partial charge in [-0.15, -0.1) is 0 Å². The van der Waals surface area contributed by atoms with Crippen LogP contribution in [0.25, 0.3) is 0 Å². The lowest BCUT2D eigenvalue weighted by atomic mass is 10.1. The van der Waals surface area contributed by atoms with Gasteiger partial charge < -0.3 is 5.73 Å². The molecule has 0 fully saturated rings. The van der Waals surface area contributed by atoms with Gasteiger partial charge in [0, 0.05) is 5.70 Å². The summed E-state index contributed by atoms with van der Waals surface area (Å²) >= 11 is 5.63. The van der Waals surface area contributed by atoms with E-state index in [0.29, 0.717) is 5.03 Å². The Hall–Kier alpha value is -0.430. The average Bonchev–Trinajstić information content (AvgIpc) is 1.77. The summed E-state index contributed by atoms with van der Waals surface area (Å²) in [4.78, 5) is 0. The van der Waals surface area contributed by atoms with Crippen LogP contribution in [0.5, 0.6) is 0 Å². The highest BCUT2D eigenvalue weighted by Crippen LogP contribution is 2.16. The van der Waals surface area contributed by atoms with Gasteiger partial charge >= 0.3 is 0 Å². The maximum atomic E-state index is 5.63. The molecule has 1 rings (SSSR count). The molecule has 0 radical (unpaired) electrons. The van der Waals surface area contributed by atoms with Crippen molar-refractivity contribution in [2.45, 2.75) is 12.8 Å². The summed E-state index contributed by atoms with van der Waals surface area (Å²) in [5.41, 5.74) is 6.16. The number of halogens is 1. The molecule has 0 aliphatic heterocycles. The zero-order chi connectivity index (χ0) is 5.98. The molecule has 0 aromatic carbocycles. The monoisotopic (exact) mass is 129 g/mol. The molecule has 44 valence electrons. The summed E-state index contributed by atoms with van der Waals surface area (Å²) in [5.74, 6) is 0. The van der Waals surface area contributed by atoms with Crippen molar-refractivity contribution in [2.75, 3.05) is 0 Å². The van der Waals surface area contributed by atoms with Gasteiger partial charge in [-0.2, -0.15) is 0 Å². The minimum absolute atomic E-state index is 0.705. The Morgan fingerprint density at radius 1 is 1.38 bits per heavy atom. The molecule has 1 aliphatic carbocycles. The Morgan fingerprint density at radius 3 is 2.38 bits per heavy atom. The second-order valence-electron chi connectivity index (χ2n) is 1.79. The minimum atomic E-state index is 0.705. The molecule has 8 heavy (non-hydrogen) atoms. The van der Waals surface area contributed by atoms with E-state index in [2.05, 4.69) is 0 Å². The molecule has 0 heterocycles. The molecule has 1 aliphatic rings. The molecule has 0 amide bonds. The van der Waals surface area contributed by atoms with E-state index in [1.165, 1.54) is 0 Å². The number of rotatable bonds is 0. The first kappa shape index (κ1) is 5.70. The van der Waals surface area contributed by atoms with Gasteiger partial charge in [0.15, 0.2) is 0 Å². The SMILES string of the molecule is NC1=CCCC=C1Cl. The van der Waals surface area contributed by atoms with Gasteiger partial charge in [-0.1, -0.05) is 23.8 Å². The molecule has 0 spiro atoms. The highest BCUT2D eigenvalue weighted by molar-refractivity contribution is 6.31. The van der Waals surface area contributed by atoms with Crippen molar-refractivity contribution in [2.24, 2.45) is 5.73 Å². The molecular weight excluding hydrogens is 122 g/mol. The molecule has 0 aromatic heterocycles. The molecule has 2 heteroatoms. The number of allylic oxidation sites excluding steroid dienone is 3. The van der Waals surface area contributed by atoms with Crippen LogP contribution in [0.2, 0.25) is 0 Å². The number of nitrogens with two attached hydrogens (primary N) is 1. The second kappa shape index (κ2) is 2.23. The van der Waals surface area contributed by atoms with Gasteiger partial charge in [-0.3, -0.25) is 0 Å². The predicted octanol–water partition coefficient (Wildman–Crippen LogP) is 1.75. The van der Waals surface area contributed by atoms with Crippen LogP contribution in [0.3, 0.4) is 0 Å². The third kappa shape index (κ3) is 1.04. The zero-order valence-electron chi connectivity index (χ0n) is 4.52. The van der Waals surface area contributed by atoms with Crippen LogP contribution in [0, 0.1) is 0 Å². The summed E-state index contributed by atoms with van der Waals surface area (Å²) in [6.07, 6.45) is 5.95. The van der Waals surface area contributed by atoms with Crippen molar-refractivity contribution in [3.05, 3.63) is 22.9 Å². The Bertz CT molecular complexity index is 129. The fraction of sp³-hybridized carbons (Fsp3) is 0.333. The fourth-order valence-electron chi connectivity index (χ4n) is 0.664. The standard InChI is InChI=1S/C6H8ClN/c7-5-3-1-2-4-6(5)8/h3-4H,1-2,8H2. The third-order valence-electron chi connectivity index (χ3n) is 1.13. The van der Waals surface area contributed by atoms with Crippen LogP contribution in [0.4, 0.5) is 0 Å². The zero-order valence-corrected chi connectivity index (χ0v) is 5.28. The molecule has 0 aromatic rings. The Kier molecular flexibility index (Phi) is 1.59. The highest BCUT2D eigenvalue weighted by atomic mass is 35.5. The van der Waals surface area contributed by atoms with Crippen molar-refractivity contribution in [1.29, 1.82) is 0 Å². The van der Waals surface area contributed by atoms with E-state index in [1.54, 1.807) is 0 Å². The Balaban J connectivity index is 2.73. The van der Waals surface area contributed by atoms with Crippen LogP contribution >= 0.6 is 11.6 Å². The minimum Gasteiger partial charge on any atom is -0.398 e. The number of hydrogen-bond acceptors (Lipinski definition) is 1. The van der Waals surface area contributed by atoms with Crippen LogP contribution < -0.4 is 5.73 Å². The van der Waals surface area contributed by atoms with Crippen molar-refractivity contribution in [1.82, 2.24) is 0 Å². The fourth-order valence-corrected chi connectivity index (χ4v) is 0.851. The molecule has 0 bridgehead atoms. The molecule has 1 nitrogen and oxygen atoms in total. The Labute approximate surface area is 53.8 Å². The molecular formula is C6H8ClN. The van der Waals surface area contributed by atoms with E-state index in [1.807, 2.05) is 12.2 Å². The van der Waals surface area contributed by atoms with E-state index < -0.39 is 0 Å². The maximum Gasteiger partial charge on any atom is 0.0592 e. The van der Waals surface area contributed by atoms with Gasteiger partial charge in [0.1, 0.15) is 0 Å². The lowest BCUT2D eigenvalue weighted by Crippen LogP contribution is -1.99. The summed E-state index contributed by atoms with van der Waals surface area (Å²) in [6.45, 7) is 0. The van der Waals surface area contributed by atoms with Crippen LogP contribution in [0.15, 0.2) is 22.9 Å².